The summed E-state index contributed by atoms with van der Waals surface area (Å²) in [6.07, 6.45) is 6.90. The van der Waals surface area contributed by atoms with Crippen molar-refractivity contribution >= 4 is 11.4 Å². The minimum atomic E-state index is -0.538. The van der Waals surface area contributed by atoms with Crippen LogP contribution in [0.2, 0.25) is 0 Å². The molecule has 0 spiro atoms. The number of nitrogens with one attached hydrogen (secondary N) is 1. The van der Waals surface area contributed by atoms with E-state index >= 15 is 0 Å². The number of nitro benzene ring substituents is 1. The summed E-state index contributed by atoms with van der Waals surface area (Å²) in [5.41, 5.74) is 0.659. The van der Waals surface area contributed by atoms with Gasteiger partial charge in [0.15, 0.2) is 0 Å². The number of rotatable bonds is 5. The van der Waals surface area contributed by atoms with Crippen LogP contribution in [0.15, 0.2) is 12.1 Å². The standard InChI is InChI=1S/C19H28FN3O3/c1-13-11-18(19(23(24)25)12-17(13)20)21-14-7-9-22(10-8-14)15-3-5-16(26-2)6-4-15/h11-12,14-16,21H,3-10H2,1-2H3/t15-,16-. The molecule has 0 atom stereocenters. The molecule has 1 heterocycles. The van der Waals surface area contributed by atoms with Gasteiger partial charge in [0.2, 0.25) is 0 Å². The van der Waals surface area contributed by atoms with Gasteiger partial charge in [0.1, 0.15) is 11.5 Å². The number of methoxy groups -OCH3 is 1. The Balaban J connectivity index is 1.56. The van der Waals surface area contributed by atoms with Crippen LogP contribution in [-0.2, 0) is 4.74 Å². The number of nitro groups is 1. The Hall–Kier alpha value is -1.73. The minimum absolute atomic E-state index is 0.185. The first-order valence-corrected chi connectivity index (χ1v) is 9.46. The highest BCUT2D eigenvalue weighted by atomic mass is 19.1. The molecule has 0 aromatic heterocycles. The summed E-state index contributed by atoms with van der Waals surface area (Å²) in [5.74, 6) is -0.538. The van der Waals surface area contributed by atoms with Gasteiger partial charge in [-0.05, 0) is 57.1 Å². The summed E-state index contributed by atoms with van der Waals surface area (Å²) in [6.45, 7) is 3.62. The van der Waals surface area contributed by atoms with Gasteiger partial charge in [-0.25, -0.2) is 4.39 Å². The molecule has 2 fully saturated rings. The van der Waals surface area contributed by atoms with Crippen LogP contribution >= 0.6 is 0 Å². The van der Waals surface area contributed by atoms with Crippen molar-refractivity contribution in [3.63, 3.8) is 0 Å². The Kier molecular flexibility index (Phi) is 6.09. The highest BCUT2D eigenvalue weighted by molar-refractivity contribution is 5.63. The van der Waals surface area contributed by atoms with E-state index in [9.17, 15) is 14.5 Å². The number of nitrogens with zero attached hydrogens (tertiary/aromatic N) is 2. The lowest BCUT2D eigenvalue weighted by atomic mass is 9.90. The summed E-state index contributed by atoms with van der Waals surface area (Å²) in [6, 6.07) is 3.38. The van der Waals surface area contributed by atoms with Crippen LogP contribution in [0, 0.1) is 22.9 Å². The van der Waals surface area contributed by atoms with E-state index in [1.54, 1.807) is 20.1 Å². The lowest BCUT2D eigenvalue weighted by Gasteiger charge is -2.40. The first-order chi connectivity index (χ1) is 12.5. The summed E-state index contributed by atoms with van der Waals surface area (Å²) in [4.78, 5) is 13.2. The average Bonchev–Trinajstić information content (AvgIpc) is 2.65. The van der Waals surface area contributed by atoms with Crippen LogP contribution < -0.4 is 5.32 Å². The van der Waals surface area contributed by atoms with E-state index in [0.717, 1.165) is 44.8 Å². The molecular formula is C19H28FN3O3. The fourth-order valence-electron chi connectivity index (χ4n) is 4.21. The first kappa shape index (κ1) is 19.0. The third-order valence-corrected chi connectivity index (χ3v) is 5.86. The van der Waals surface area contributed by atoms with E-state index in [1.807, 2.05) is 0 Å². The normalized spacial score (nSPS) is 25.2. The second-order valence-corrected chi connectivity index (χ2v) is 7.50. The van der Waals surface area contributed by atoms with E-state index in [4.69, 9.17) is 4.74 Å². The van der Waals surface area contributed by atoms with Crippen molar-refractivity contribution < 1.29 is 14.1 Å². The van der Waals surface area contributed by atoms with Crippen molar-refractivity contribution in [2.45, 2.75) is 63.6 Å². The molecule has 0 amide bonds. The van der Waals surface area contributed by atoms with Gasteiger partial charge in [-0.3, -0.25) is 10.1 Å². The predicted molar refractivity (Wildman–Crippen MR) is 99.1 cm³/mol. The molecule has 144 valence electrons. The van der Waals surface area contributed by atoms with E-state index in [1.165, 1.54) is 12.8 Å². The predicted octanol–water partition coefficient (Wildman–Crippen LogP) is 3.88. The molecule has 3 rings (SSSR count). The summed E-state index contributed by atoms with van der Waals surface area (Å²) in [5, 5.41) is 14.5. The lowest BCUT2D eigenvalue weighted by Crippen LogP contribution is -2.46. The zero-order valence-electron chi connectivity index (χ0n) is 15.5. The van der Waals surface area contributed by atoms with E-state index < -0.39 is 10.7 Å². The third-order valence-electron chi connectivity index (χ3n) is 5.86. The third kappa shape index (κ3) is 4.32. The molecule has 0 radical (unpaired) electrons. The zero-order valence-corrected chi connectivity index (χ0v) is 15.5. The average molecular weight is 365 g/mol. The smallest absolute Gasteiger partial charge is 0.295 e. The molecule has 0 unspecified atom stereocenters. The van der Waals surface area contributed by atoms with Crippen LogP contribution in [0.5, 0.6) is 0 Å². The summed E-state index contributed by atoms with van der Waals surface area (Å²) in [7, 11) is 1.79. The van der Waals surface area contributed by atoms with Crippen LogP contribution in [-0.4, -0.2) is 48.2 Å². The number of aryl methyl sites for hydroxylation is 1. The van der Waals surface area contributed by atoms with Gasteiger partial charge in [-0.2, -0.15) is 0 Å². The maximum atomic E-state index is 13.7. The van der Waals surface area contributed by atoms with Gasteiger partial charge in [-0.15, -0.1) is 0 Å². The fourth-order valence-corrected chi connectivity index (χ4v) is 4.21. The van der Waals surface area contributed by atoms with Gasteiger partial charge in [-0.1, -0.05) is 0 Å². The van der Waals surface area contributed by atoms with Gasteiger partial charge in [0.25, 0.3) is 5.69 Å². The maximum Gasteiger partial charge on any atom is 0.295 e. The van der Waals surface area contributed by atoms with Crippen LogP contribution in [0.4, 0.5) is 15.8 Å². The monoisotopic (exact) mass is 365 g/mol. The Morgan fingerprint density at radius 1 is 1.19 bits per heavy atom. The van der Waals surface area contributed by atoms with Crippen LogP contribution in [0.1, 0.15) is 44.1 Å². The number of ether oxygens (including phenoxy) is 1. The van der Waals surface area contributed by atoms with Crippen molar-refractivity contribution in [1.82, 2.24) is 4.90 Å². The van der Waals surface area contributed by atoms with Crippen LogP contribution in [0.3, 0.4) is 0 Å². The lowest BCUT2D eigenvalue weighted by molar-refractivity contribution is -0.384. The highest BCUT2D eigenvalue weighted by Crippen LogP contribution is 2.31. The molecule has 1 N–H and O–H groups in total. The molecule has 1 aromatic rings. The largest absolute Gasteiger partial charge is 0.381 e. The number of hydrogen-bond donors (Lipinski definition) is 1. The Labute approximate surface area is 153 Å². The molecule has 26 heavy (non-hydrogen) atoms. The van der Waals surface area contributed by atoms with Crippen molar-refractivity contribution in [2.24, 2.45) is 0 Å². The molecular weight excluding hydrogens is 337 g/mol. The van der Waals surface area contributed by atoms with Gasteiger partial charge < -0.3 is 15.0 Å². The highest BCUT2D eigenvalue weighted by Gasteiger charge is 2.29. The SMILES string of the molecule is CO[C@H]1CC[C@H](N2CCC(Nc3cc(C)c(F)cc3[N+](=O)[O-])CC2)CC1. The molecule has 1 aliphatic carbocycles. The summed E-state index contributed by atoms with van der Waals surface area (Å²) >= 11 is 0. The van der Waals surface area contributed by atoms with Gasteiger partial charge in [0, 0.05) is 32.3 Å². The maximum absolute atomic E-state index is 13.7. The zero-order chi connectivity index (χ0) is 18.7. The van der Waals surface area contributed by atoms with Gasteiger partial charge in [0.05, 0.1) is 17.1 Å². The van der Waals surface area contributed by atoms with Crippen LogP contribution in [0.25, 0.3) is 0 Å². The van der Waals surface area contributed by atoms with Crippen molar-refractivity contribution in [3.8, 4) is 0 Å². The quantitative estimate of drug-likeness (QED) is 0.634. The van der Waals surface area contributed by atoms with Crippen molar-refractivity contribution in [1.29, 1.82) is 0 Å². The first-order valence-electron chi connectivity index (χ1n) is 9.46. The van der Waals surface area contributed by atoms with Gasteiger partial charge >= 0.3 is 0 Å². The van der Waals surface area contributed by atoms with Crippen molar-refractivity contribution in [3.05, 3.63) is 33.6 Å². The Morgan fingerprint density at radius 3 is 2.42 bits per heavy atom. The number of likely N-dealkylation sites (tertiary alicyclic amines) is 1. The molecule has 1 saturated heterocycles. The van der Waals surface area contributed by atoms with E-state index in [0.29, 0.717) is 23.4 Å². The minimum Gasteiger partial charge on any atom is -0.381 e. The molecule has 0 bridgehead atoms. The fraction of sp³-hybridized carbons (Fsp3) is 0.684. The molecule has 1 aliphatic heterocycles. The molecule has 7 heteroatoms. The Bertz CT molecular complexity index is 639. The Morgan fingerprint density at radius 2 is 1.85 bits per heavy atom. The molecule has 2 aliphatic rings. The summed E-state index contributed by atoms with van der Waals surface area (Å²) < 4.78 is 19.1. The molecule has 1 saturated carbocycles. The number of benzene rings is 1. The number of halogens is 1. The van der Waals surface area contributed by atoms with E-state index in [2.05, 4.69) is 10.2 Å². The second kappa shape index (κ2) is 8.31. The molecule has 6 nitrogen and oxygen atoms in total. The van der Waals surface area contributed by atoms with E-state index in [-0.39, 0.29) is 11.7 Å². The van der Waals surface area contributed by atoms with Crippen molar-refractivity contribution in [2.75, 3.05) is 25.5 Å². The molecule has 1 aromatic carbocycles. The second-order valence-electron chi connectivity index (χ2n) is 7.50. The number of anilines is 1. The number of hydrogen-bond acceptors (Lipinski definition) is 5. The topological polar surface area (TPSA) is 67.6 Å². The number of piperidine rings is 1.